The molecule has 0 radical (unpaired) electrons. The first-order valence-corrected chi connectivity index (χ1v) is 5.42. The molecule has 86 valence electrons. The molecular weight excluding hydrogens is 248 g/mol. The Morgan fingerprint density at radius 2 is 1.94 bits per heavy atom. The number of methoxy groups -OCH3 is 1. The summed E-state index contributed by atoms with van der Waals surface area (Å²) < 4.78 is 4.64. The molecule has 1 unspecified atom stereocenters. The van der Waals surface area contributed by atoms with E-state index in [-0.39, 0.29) is 11.5 Å². The molecule has 0 fully saturated rings. The van der Waals surface area contributed by atoms with E-state index in [0.717, 1.165) is 0 Å². The minimum absolute atomic E-state index is 0.0113. The van der Waals surface area contributed by atoms with Crippen molar-refractivity contribution in [2.45, 2.75) is 12.3 Å². The summed E-state index contributed by atoms with van der Waals surface area (Å²) in [5.41, 5.74) is 0.693. The molecule has 1 aromatic carbocycles. The Bertz CT molecular complexity index is 389. The highest BCUT2D eigenvalue weighted by molar-refractivity contribution is 7.96. The van der Waals surface area contributed by atoms with Crippen LogP contribution in [0.25, 0.3) is 0 Å². The number of halogens is 1. The quantitative estimate of drug-likeness (QED) is 0.666. The van der Waals surface area contributed by atoms with Gasteiger partial charge in [-0.05, 0) is 17.7 Å². The van der Waals surface area contributed by atoms with E-state index in [2.05, 4.69) is 17.4 Å². The maximum atomic E-state index is 11.5. The summed E-state index contributed by atoms with van der Waals surface area (Å²) >= 11 is 9.41. The summed E-state index contributed by atoms with van der Waals surface area (Å²) in [4.78, 5) is 22.4. The Morgan fingerprint density at radius 1 is 1.38 bits per heavy atom. The normalized spacial score (nSPS) is 11.9. The molecule has 5 heteroatoms. The van der Waals surface area contributed by atoms with Gasteiger partial charge in [0.15, 0.2) is 5.12 Å². The van der Waals surface area contributed by atoms with E-state index in [1.807, 2.05) is 0 Å². The SMILES string of the molecule is COC(=O)C(CC(=O)S)c1ccc(Cl)cc1. The van der Waals surface area contributed by atoms with Gasteiger partial charge in [-0.1, -0.05) is 23.7 Å². The second kappa shape index (κ2) is 5.92. The second-order valence-corrected chi connectivity index (χ2v) is 4.16. The monoisotopic (exact) mass is 258 g/mol. The van der Waals surface area contributed by atoms with Crippen molar-refractivity contribution >= 4 is 35.3 Å². The molecule has 3 nitrogen and oxygen atoms in total. The van der Waals surface area contributed by atoms with Crippen molar-refractivity contribution in [3.8, 4) is 0 Å². The Labute approximate surface area is 104 Å². The number of hydrogen-bond donors (Lipinski definition) is 1. The lowest BCUT2D eigenvalue weighted by Crippen LogP contribution is -2.16. The predicted octanol–water partition coefficient (Wildman–Crippen LogP) is 2.44. The zero-order valence-corrected chi connectivity index (χ0v) is 10.3. The Morgan fingerprint density at radius 3 is 2.38 bits per heavy atom. The van der Waals surface area contributed by atoms with Gasteiger partial charge in [0.25, 0.3) is 0 Å². The van der Waals surface area contributed by atoms with Gasteiger partial charge in [-0.2, -0.15) is 0 Å². The van der Waals surface area contributed by atoms with E-state index < -0.39 is 11.9 Å². The maximum Gasteiger partial charge on any atom is 0.313 e. The van der Waals surface area contributed by atoms with Crippen LogP contribution in [0.1, 0.15) is 17.9 Å². The van der Waals surface area contributed by atoms with E-state index in [0.29, 0.717) is 10.6 Å². The van der Waals surface area contributed by atoms with Crippen molar-refractivity contribution in [3.05, 3.63) is 34.9 Å². The van der Waals surface area contributed by atoms with Gasteiger partial charge in [0, 0.05) is 11.4 Å². The summed E-state index contributed by atoms with van der Waals surface area (Å²) in [7, 11) is 1.29. The molecular formula is C11H11ClO3S. The first-order chi connectivity index (χ1) is 7.54. The van der Waals surface area contributed by atoms with Crippen LogP contribution >= 0.6 is 24.2 Å². The van der Waals surface area contributed by atoms with Gasteiger partial charge in [-0.15, -0.1) is 12.6 Å². The van der Waals surface area contributed by atoms with E-state index in [1.165, 1.54) is 7.11 Å². The summed E-state index contributed by atoms with van der Waals surface area (Å²) in [6, 6.07) is 6.72. The average Bonchev–Trinajstić information content (AvgIpc) is 2.26. The number of ether oxygens (including phenoxy) is 1. The van der Waals surface area contributed by atoms with Gasteiger partial charge in [-0.25, -0.2) is 0 Å². The lowest BCUT2D eigenvalue weighted by molar-refractivity contribution is -0.143. The molecule has 0 bridgehead atoms. The highest BCUT2D eigenvalue weighted by Crippen LogP contribution is 2.23. The number of carbonyl (C=O) groups excluding carboxylic acids is 2. The molecule has 1 aromatic rings. The molecule has 0 amide bonds. The van der Waals surface area contributed by atoms with Gasteiger partial charge in [-0.3, -0.25) is 9.59 Å². The standard InChI is InChI=1S/C11H11ClO3S/c1-15-11(14)9(6-10(13)16)7-2-4-8(12)5-3-7/h2-5,9H,6H2,1H3,(H,13,16). The predicted molar refractivity (Wildman–Crippen MR) is 64.8 cm³/mol. The van der Waals surface area contributed by atoms with Crippen LogP contribution in [0.3, 0.4) is 0 Å². The third-order valence-electron chi connectivity index (χ3n) is 2.14. The molecule has 16 heavy (non-hydrogen) atoms. The van der Waals surface area contributed by atoms with Crippen LogP contribution in [0, 0.1) is 0 Å². The van der Waals surface area contributed by atoms with Crippen molar-refractivity contribution in [1.82, 2.24) is 0 Å². The summed E-state index contributed by atoms with van der Waals surface area (Å²) in [5.74, 6) is -1.07. The number of rotatable bonds is 4. The lowest BCUT2D eigenvalue weighted by atomic mass is 9.96. The first-order valence-electron chi connectivity index (χ1n) is 4.59. The van der Waals surface area contributed by atoms with E-state index >= 15 is 0 Å². The summed E-state index contributed by atoms with van der Waals surface area (Å²) in [6.07, 6.45) is 0.0113. The van der Waals surface area contributed by atoms with Gasteiger partial charge in [0.05, 0.1) is 13.0 Å². The highest BCUT2D eigenvalue weighted by Gasteiger charge is 2.23. The first kappa shape index (κ1) is 13.1. The molecule has 0 N–H and O–H groups in total. The zero-order valence-electron chi connectivity index (χ0n) is 8.64. The van der Waals surface area contributed by atoms with Crippen LogP contribution in [0.5, 0.6) is 0 Å². The van der Waals surface area contributed by atoms with Crippen molar-refractivity contribution in [3.63, 3.8) is 0 Å². The van der Waals surface area contributed by atoms with Crippen LogP contribution in [0.4, 0.5) is 0 Å². The minimum Gasteiger partial charge on any atom is -0.469 e. The average molecular weight is 259 g/mol. The fourth-order valence-electron chi connectivity index (χ4n) is 1.35. The van der Waals surface area contributed by atoms with Crippen LogP contribution in [0.15, 0.2) is 24.3 Å². The van der Waals surface area contributed by atoms with Gasteiger partial charge >= 0.3 is 5.97 Å². The minimum atomic E-state index is -0.618. The molecule has 0 saturated carbocycles. The van der Waals surface area contributed by atoms with Gasteiger partial charge < -0.3 is 4.74 Å². The van der Waals surface area contributed by atoms with Crippen LogP contribution in [0.2, 0.25) is 5.02 Å². The third-order valence-corrected chi connectivity index (χ3v) is 2.57. The van der Waals surface area contributed by atoms with Crippen LogP contribution in [-0.4, -0.2) is 18.2 Å². The summed E-state index contributed by atoms with van der Waals surface area (Å²) in [5, 5.41) is 0.218. The van der Waals surface area contributed by atoms with E-state index in [1.54, 1.807) is 24.3 Å². The van der Waals surface area contributed by atoms with Gasteiger partial charge in [0.2, 0.25) is 0 Å². The molecule has 0 spiro atoms. The molecule has 0 heterocycles. The Hall–Kier alpha value is -1.00. The number of carbonyl (C=O) groups is 2. The topological polar surface area (TPSA) is 43.4 Å². The maximum absolute atomic E-state index is 11.5. The smallest absolute Gasteiger partial charge is 0.313 e. The fraction of sp³-hybridized carbons (Fsp3) is 0.273. The molecule has 0 saturated heterocycles. The van der Waals surface area contributed by atoms with E-state index in [9.17, 15) is 9.59 Å². The number of esters is 1. The van der Waals surface area contributed by atoms with Gasteiger partial charge in [0.1, 0.15) is 0 Å². The number of benzene rings is 1. The molecule has 0 aliphatic carbocycles. The molecule has 0 aliphatic rings. The molecule has 1 atom stereocenters. The van der Waals surface area contributed by atoms with E-state index in [4.69, 9.17) is 11.6 Å². The van der Waals surface area contributed by atoms with Crippen molar-refractivity contribution in [2.24, 2.45) is 0 Å². The lowest BCUT2D eigenvalue weighted by Gasteiger charge is -2.13. The van der Waals surface area contributed by atoms with Crippen molar-refractivity contribution < 1.29 is 14.3 Å². The Balaban J connectivity index is 2.96. The molecule has 0 aliphatic heterocycles. The van der Waals surface area contributed by atoms with Crippen LogP contribution in [-0.2, 0) is 14.3 Å². The largest absolute Gasteiger partial charge is 0.469 e. The van der Waals surface area contributed by atoms with Crippen molar-refractivity contribution in [2.75, 3.05) is 7.11 Å². The molecule has 0 aromatic heterocycles. The zero-order chi connectivity index (χ0) is 12.1. The molecule has 1 rings (SSSR count). The summed E-state index contributed by atoms with van der Waals surface area (Å²) in [6.45, 7) is 0. The number of thiol groups is 1. The van der Waals surface area contributed by atoms with Crippen LogP contribution < -0.4 is 0 Å². The third kappa shape index (κ3) is 3.54. The number of hydrogen-bond acceptors (Lipinski definition) is 3. The van der Waals surface area contributed by atoms with Crippen molar-refractivity contribution in [1.29, 1.82) is 0 Å². The highest BCUT2D eigenvalue weighted by atomic mass is 35.5. The fourth-order valence-corrected chi connectivity index (χ4v) is 1.66. The second-order valence-electron chi connectivity index (χ2n) is 3.23. The Kier molecular flexibility index (Phi) is 4.83.